The van der Waals surface area contributed by atoms with Crippen molar-refractivity contribution in [2.75, 3.05) is 5.43 Å². The topological polar surface area (TPSA) is 67.5 Å². The number of benzene rings is 2. The number of fused-ring (bicyclic) bond motifs is 1. The Kier molecular flexibility index (Phi) is 3.16. The molecule has 0 bridgehead atoms. The molecule has 0 unspecified atom stereocenters. The molecule has 0 aliphatic heterocycles. The fourth-order valence-corrected chi connectivity index (χ4v) is 2.38. The van der Waals surface area contributed by atoms with Gasteiger partial charge in [-0.15, -0.1) is 0 Å². The van der Waals surface area contributed by atoms with E-state index in [0.29, 0.717) is 5.69 Å². The van der Waals surface area contributed by atoms with Crippen molar-refractivity contribution in [2.24, 2.45) is 5.10 Å². The van der Waals surface area contributed by atoms with Gasteiger partial charge in [0.05, 0.1) is 10.6 Å². The third-order valence-electron chi connectivity index (χ3n) is 3.37. The van der Waals surface area contributed by atoms with Crippen LogP contribution in [0.4, 0.5) is 11.4 Å². The quantitative estimate of drug-likeness (QED) is 0.685. The minimum atomic E-state index is -0.412. The summed E-state index contributed by atoms with van der Waals surface area (Å²) < 4.78 is 0. The molecule has 0 radical (unpaired) electrons. The number of aryl methyl sites for hydroxylation is 1. The molecule has 0 atom stereocenters. The highest BCUT2D eigenvalue weighted by Gasteiger charge is 2.17. The number of nitro groups is 1. The Labute approximate surface area is 116 Å². The predicted molar refractivity (Wildman–Crippen MR) is 78.0 cm³/mol. The second-order valence-corrected chi connectivity index (χ2v) is 4.60. The Balaban J connectivity index is 1.88. The van der Waals surface area contributed by atoms with E-state index >= 15 is 0 Å². The minimum absolute atomic E-state index is 0.0307. The van der Waals surface area contributed by atoms with E-state index in [1.807, 2.05) is 18.2 Å². The number of nitro benzene ring substituents is 1. The molecular formula is C15H13N3O2. The first-order valence-electron chi connectivity index (χ1n) is 6.40. The zero-order valence-electron chi connectivity index (χ0n) is 10.7. The molecule has 1 aliphatic rings. The van der Waals surface area contributed by atoms with Crippen molar-refractivity contribution in [3.8, 4) is 0 Å². The minimum Gasteiger partial charge on any atom is -0.271 e. The second-order valence-electron chi connectivity index (χ2n) is 4.60. The first kappa shape index (κ1) is 12.3. The summed E-state index contributed by atoms with van der Waals surface area (Å²) in [5, 5.41) is 15.3. The number of para-hydroxylation sites is 2. The van der Waals surface area contributed by atoms with E-state index in [4.69, 9.17) is 0 Å². The summed E-state index contributed by atoms with van der Waals surface area (Å²) in [4.78, 5) is 10.5. The number of nitrogens with one attached hydrogen (secondary N) is 1. The number of hydrogen-bond acceptors (Lipinski definition) is 4. The summed E-state index contributed by atoms with van der Waals surface area (Å²) in [6, 6.07) is 14.6. The maximum Gasteiger partial charge on any atom is 0.294 e. The van der Waals surface area contributed by atoms with Crippen molar-refractivity contribution in [1.29, 1.82) is 0 Å². The smallest absolute Gasteiger partial charge is 0.271 e. The third kappa shape index (κ3) is 2.25. The van der Waals surface area contributed by atoms with Crippen LogP contribution in [0.1, 0.15) is 17.5 Å². The fraction of sp³-hybridized carbons (Fsp3) is 0.133. The molecule has 1 N–H and O–H groups in total. The Bertz CT molecular complexity index is 695. The van der Waals surface area contributed by atoms with Crippen molar-refractivity contribution in [3.63, 3.8) is 0 Å². The van der Waals surface area contributed by atoms with Gasteiger partial charge in [-0.05, 0) is 24.5 Å². The van der Waals surface area contributed by atoms with Crippen LogP contribution in [0.15, 0.2) is 53.6 Å². The van der Waals surface area contributed by atoms with Crippen molar-refractivity contribution >= 4 is 17.1 Å². The van der Waals surface area contributed by atoms with E-state index in [1.54, 1.807) is 18.2 Å². The summed E-state index contributed by atoms with van der Waals surface area (Å²) in [7, 11) is 0. The van der Waals surface area contributed by atoms with E-state index < -0.39 is 4.92 Å². The normalized spacial score (nSPS) is 15.1. The average molecular weight is 267 g/mol. The standard InChI is InChI=1S/C15H13N3O2/c19-18(20)15-8-4-3-7-14(15)17-16-13-10-9-11-5-1-2-6-12(11)13/h1-8,17H,9-10H2/b16-13-. The molecule has 2 aromatic rings. The van der Waals surface area contributed by atoms with Gasteiger partial charge in [-0.25, -0.2) is 0 Å². The van der Waals surface area contributed by atoms with Gasteiger partial charge in [0.15, 0.2) is 0 Å². The first-order valence-corrected chi connectivity index (χ1v) is 6.40. The molecule has 2 aromatic carbocycles. The van der Waals surface area contributed by atoms with Crippen molar-refractivity contribution in [2.45, 2.75) is 12.8 Å². The molecule has 0 heterocycles. The lowest BCUT2D eigenvalue weighted by Crippen LogP contribution is -2.01. The highest BCUT2D eigenvalue weighted by molar-refractivity contribution is 6.04. The molecule has 0 amide bonds. The van der Waals surface area contributed by atoms with E-state index in [2.05, 4.69) is 16.6 Å². The van der Waals surface area contributed by atoms with Crippen LogP contribution in [0.3, 0.4) is 0 Å². The Morgan fingerprint density at radius 2 is 1.80 bits per heavy atom. The van der Waals surface area contributed by atoms with Gasteiger partial charge in [0.25, 0.3) is 5.69 Å². The highest BCUT2D eigenvalue weighted by Crippen LogP contribution is 2.25. The van der Waals surface area contributed by atoms with Crippen LogP contribution in [0.25, 0.3) is 0 Å². The number of rotatable bonds is 3. The molecule has 1 aliphatic carbocycles. The van der Waals surface area contributed by atoms with Gasteiger partial charge in [-0.3, -0.25) is 15.5 Å². The molecule has 0 saturated heterocycles. The van der Waals surface area contributed by atoms with E-state index in [0.717, 1.165) is 24.1 Å². The Morgan fingerprint density at radius 1 is 1.05 bits per heavy atom. The average Bonchev–Trinajstić information content (AvgIpc) is 2.88. The third-order valence-corrected chi connectivity index (χ3v) is 3.37. The maximum absolute atomic E-state index is 10.9. The van der Waals surface area contributed by atoms with Gasteiger partial charge in [0.2, 0.25) is 0 Å². The van der Waals surface area contributed by atoms with Crippen LogP contribution in [0.2, 0.25) is 0 Å². The molecular weight excluding hydrogens is 254 g/mol. The summed E-state index contributed by atoms with van der Waals surface area (Å²) in [5.41, 5.74) is 6.61. The van der Waals surface area contributed by atoms with Crippen LogP contribution in [-0.4, -0.2) is 10.6 Å². The lowest BCUT2D eigenvalue weighted by molar-refractivity contribution is -0.384. The van der Waals surface area contributed by atoms with Crippen LogP contribution in [0.5, 0.6) is 0 Å². The summed E-state index contributed by atoms with van der Waals surface area (Å²) >= 11 is 0. The number of nitrogens with zero attached hydrogens (tertiary/aromatic N) is 2. The maximum atomic E-state index is 10.9. The van der Waals surface area contributed by atoms with Crippen molar-refractivity contribution < 1.29 is 4.92 Å². The number of hydrogen-bond donors (Lipinski definition) is 1. The molecule has 5 nitrogen and oxygen atoms in total. The van der Waals surface area contributed by atoms with Crippen LogP contribution < -0.4 is 5.43 Å². The van der Waals surface area contributed by atoms with Gasteiger partial charge in [-0.1, -0.05) is 36.4 Å². The van der Waals surface area contributed by atoms with Crippen LogP contribution >= 0.6 is 0 Å². The van der Waals surface area contributed by atoms with Crippen molar-refractivity contribution in [1.82, 2.24) is 0 Å². The molecule has 0 fully saturated rings. The lowest BCUT2D eigenvalue weighted by atomic mass is 10.1. The van der Waals surface area contributed by atoms with Gasteiger partial charge in [-0.2, -0.15) is 5.10 Å². The zero-order chi connectivity index (χ0) is 13.9. The molecule has 3 rings (SSSR count). The monoisotopic (exact) mass is 267 g/mol. The van der Waals surface area contributed by atoms with Gasteiger partial charge < -0.3 is 0 Å². The zero-order valence-corrected chi connectivity index (χ0v) is 10.7. The van der Waals surface area contributed by atoms with Crippen molar-refractivity contribution in [3.05, 3.63) is 69.8 Å². The van der Waals surface area contributed by atoms with Crippen LogP contribution in [0, 0.1) is 10.1 Å². The molecule has 0 saturated carbocycles. The molecule has 100 valence electrons. The number of hydrazone groups is 1. The van der Waals surface area contributed by atoms with Gasteiger partial charge >= 0.3 is 0 Å². The second kappa shape index (κ2) is 5.13. The highest BCUT2D eigenvalue weighted by atomic mass is 16.6. The lowest BCUT2D eigenvalue weighted by Gasteiger charge is -2.04. The Hall–Kier alpha value is -2.69. The van der Waals surface area contributed by atoms with Gasteiger partial charge in [0.1, 0.15) is 5.69 Å². The fourth-order valence-electron chi connectivity index (χ4n) is 2.38. The summed E-state index contributed by atoms with van der Waals surface area (Å²) in [6.45, 7) is 0. The predicted octanol–water partition coefficient (Wildman–Crippen LogP) is 3.36. The molecule has 0 spiro atoms. The van der Waals surface area contributed by atoms with Gasteiger partial charge in [0, 0.05) is 11.6 Å². The number of anilines is 1. The summed E-state index contributed by atoms with van der Waals surface area (Å²) in [5.74, 6) is 0. The largest absolute Gasteiger partial charge is 0.294 e. The Morgan fingerprint density at radius 3 is 2.65 bits per heavy atom. The summed E-state index contributed by atoms with van der Waals surface area (Å²) in [6.07, 6.45) is 1.82. The van der Waals surface area contributed by atoms with E-state index in [-0.39, 0.29) is 5.69 Å². The van der Waals surface area contributed by atoms with E-state index in [1.165, 1.54) is 11.6 Å². The molecule has 5 heteroatoms. The SMILES string of the molecule is O=[N+]([O-])c1ccccc1N/N=C1/CCc2ccccc21. The van der Waals surface area contributed by atoms with Crippen LogP contribution in [-0.2, 0) is 6.42 Å². The van der Waals surface area contributed by atoms with E-state index in [9.17, 15) is 10.1 Å². The molecule has 20 heavy (non-hydrogen) atoms. The molecule has 0 aromatic heterocycles. The first-order chi connectivity index (χ1) is 9.75.